The Morgan fingerprint density at radius 1 is 1.21 bits per heavy atom. The molecule has 3 rings (SSSR count). The van der Waals surface area contributed by atoms with E-state index in [-0.39, 0.29) is 5.59 Å². The number of aromatic nitrogens is 2. The molecule has 0 atom stereocenters. The third kappa shape index (κ3) is 2.13. The lowest BCUT2D eigenvalue weighted by atomic mass is 9.85. The van der Waals surface area contributed by atoms with Gasteiger partial charge in [-0.3, -0.25) is 4.98 Å². The van der Waals surface area contributed by atoms with Crippen molar-refractivity contribution in [3.8, 4) is 0 Å². The number of hydrogen-bond donors (Lipinski definition) is 0. The summed E-state index contributed by atoms with van der Waals surface area (Å²) in [7, 11) is -1.05. The van der Waals surface area contributed by atoms with Gasteiger partial charge >= 0.3 is 7.12 Å². The summed E-state index contributed by atoms with van der Waals surface area (Å²) in [6, 6.07) is 0. The first kappa shape index (κ1) is 6.54. The number of rotatable bonds is 2. The molecule has 2 saturated heterocycles. The Morgan fingerprint density at radius 2 is 1.84 bits per heavy atom. The highest BCUT2D eigenvalue weighted by molar-refractivity contribution is 6.61. The van der Waals surface area contributed by atoms with E-state index in [1.54, 1.807) is 0 Å². The molecule has 0 aliphatic carbocycles. The van der Waals surface area contributed by atoms with Crippen LogP contribution in [0.3, 0.4) is 0 Å². The van der Waals surface area contributed by atoms with Crippen molar-refractivity contribution < 1.29 is 20.3 Å². The van der Waals surface area contributed by atoms with Crippen molar-refractivity contribution in [2.24, 2.45) is 0 Å². The second kappa shape index (κ2) is 4.18. The van der Waals surface area contributed by atoms with Crippen molar-refractivity contribution >= 4 is 18.5 Å². The number of nitrogens with zero attached hydrogens (tertiary/aromatic N) is 3. The molecule has 0 N–H and O–H groups in total. The van der Waals surface area contributed by atoms with Gasteiger partial charge in [0.25, 0.3) is 0 Å². The van der Waals surface area contributed by atoms with Gasteiger partial charge in [-0.15, -0.1) is 0 Å². The molecule has 19 heavy (non-hydrogen) atoms. The van der Waals surface area contributed by atoms with Crippen LogP contribution < -0.4 is 10.5 Å². The van der Waals surface area contributed by atoms with Gasteiger partial charge in [-0.2, -0.15) is 0 Å². The zero-order valence-electron chi connectivity index (χ0n) is 19.2. The molecule has 2 aliphatic heterocycles. The average Bonchev–Trinajstić information content (AvgIpc) is 2.69. The lowest BCUT2D eigenvalue weighted by Crippen LogP contribution is -2.41. The van der Waals surface area contributed by atoms with Gasteiger partial charge in [-0.1, -0.05) is 0 Å². The summed E-state index contributed by atoms with van der Waals surface area (Å²) in [5.74, 6) is -0.551. The first-order valence-electron chi connectivity index (χ1n) is 9.98. The maximum atomic E-state index is 8.10. The van der Waals surface area contributed by atoms with Crippen molar-refractivity contribution in [1.29, 1.82) is 0 Å². The molecule has 0 bridgehead atoms. The molecular weight excluding hydrogens is 241 g/mol. The van der Waals surface area contributed by atoms with E-state index in [1.807, 2.05) is 27.7 Å². The summed E-state index contributed by atoms with van der Waals surface area (Å²) in [6.07, 6.45) is -3.88. The van der Waals surface area contributed by atoms with E-state index in [0.717, 1.165) is 0 Å². The zero-order chi connectivity index (χ0) is 20.8. The minimum atomic E-state index is -2.82. The van der Waals surface area contributed by atoms with Gasteiger partial charge in [0, 0.05) is 27.4 Å². The van der Waals surface area contributed by atoms with Crippen molar-refractivity contribution in [2.45, 2.75) is 45.3 Å². The molecule has 0 radical (unpaired) electrons. The Kier molecular flexibility index (Phi) is 1.44. The van der Waals surface area contributed by atoms with E-state index in [9.17, 15) is 0 Å². The first-order valence-corrected chi connectivity index (χ1v) is 5.98. The van der Waals surface area contributed by atoms with E-state index in [2.05, 4.69) is 9.97 Å². The predicted octanol–water partition coefficient (Wildman–Crippen LogP) is 0.986. The second-order valence-corrected chi connectivity index (χ2v) is 5.43. The number of anilines is 1. The van der Waals surface area contributed by atoms with Gasteiger partial charge in [0.05, 0.1) is 25.7 Å². The van der Waals surface area contributed by atoms with Crippen LogP contribution in [0.2, 0.25) is 0 Å². The fourth-order valence-corrected chi connectivity index (χ4v) is 1.65. The quantitative estimate of drug-likeness (QED) is 0.749. The van der Waals surface area contributed by atoms with E-state index in [0.29, 0.717) is 4.90 Å². The molecule has 1 aromatic heterocycles. The predicted molar refractivity (Wildman–Crippen MR) is 74.6 cm³/mol. The van der Waals surface area contributed by atoms with E-state index >= 15 is 0 Å². The Hall–Kier alpha value is -1.14. The molecule has 0 spiro atoms. The van der Waals surface area contributed by atoms with E-state index in [1.165, 1.54) is 0 Å². The molecule has 102 valence electrons. The highest BCUT2D eigenvalue weighted by Gasteiger charge is 2.52. The van der Waals surface area contributed by atoms with Crippen LogP contribution >= 0.6 is 0 Å². The summed E-state index contributed by atoms with van der Waals surface area (Å²) in [5, 5.41) is 0. The lowest BCUT2D eigenvalue weighted by Gasteiger charge is -2.32. The standard InChI is InChI=1S/C13H20BN3O2/c1-12(2)13(3,4)19-14(18-12)10-8-16-11(9-15-10)17-6-5-7-17/h8-9H,5-7H2,1-4H3/i5D2,6D2,7D2,8D,9D. The Bertz CT molecular complexity index is 770. The molecular formula is C13H20BN3O2. The molecule has 2 aliphatic rings. The van der Waals surface area contributed by atoms with Gasteiger partial charge in [0.2, 0.25) is 0 Å². The van der Waals surface area contributed by atoms with Crippen molar-refractivity contribution in [2.75, 3.05) is 17.9 Å². The summed E-state index contributed by atoms with van der Waals surface area (Å²) in [4.78, 5) is 8.17. The Morgan fingerprint density at radius 3 is 2.47 bits per heavy atom. The van der Waals surface area contributed by atoms with Gasteiger partial charge in [0.1, 0.15) is 5.82 Å². The maximum Gasteiger partial charge on any atom is 0.516 e. The molecule has 2 fully saturated rings. The summed E-state index contributed by atoms with van der Waals surface area (Å²) in [6.45, 7) is 1.74. The van der Waals surface area contributed by atoms with Crippen LogP contribution in [0.5, 0.6) is 0 Å². The molecule has 0 aromatic carbocycles. The molecule has 3 heterocycles. The molecule has 6 heteroatoms. The summed E-state index contributed by atoms with van der Waals surface area (Å²) < 4.78 is 74.3. The van der Waals surface area contributed by atoms with Crippen molar-refractivity contribution in [3.05, 3.63) is 12.3 Å². The van der Waals surface area contributed by atoms with Crippen LogP contribution in [0, 0.1) is 0 Å². The summed E-state index contributed by atoms with van der Waals surface area (Å²) in [5.41, 5.74) is -1.48. The molecule has 0 unspecified atom stereocenters. The lowest BCUT2D eigenvalue weighted by molar-refractivity contribution is 0.00578. The zero-order valence-corrected chi connectivity index (χ0v) is 11.2. The highest BCUT2D eigenvalue weighted by atomic mass is 16.7. The smallest absolute Gasteiger partial charge is 0.398 e. The van der Waals surface area contributed by atoms with Gasteiger partial charge in [0.15, 0.2) is 0 Å². The van der Waals surface area contributed by atoms with Crippen LogP contribution in [0.4, 0.5) is 5.82 Å². The van der Waals surface area contributed by atoms with Crippen LogP contribution in [-0.4, -0.2) is 41.3 Å². The van der Waals surface area contributed by atoms with E-state index < -0.39 is 55.9 Å². The highest BCUT2D eigenvalue weighted by Crippen LogP contribution is 2.36. The molecule has 5 nitrogen and oxygen atoms in total. The Balaban J connectivity index is 2.01. The SMILES string of the molecule is [2H]c1nc(N2C([2H])([2H])C([2H])([2H])C2([2H])[2H])c([2H])nc1B1OC(C)(C)C(C)(C)O1. The van der Waals surface area contributed by atoms with Gasteiger partial charge in [-0.25, -0.2) is 4.98 Å². The van der Waals surface area contributed by atoms with Crippen molar-refractivity contribution in [1.82, 2.24) is 9.97 Å². The number of hydrogen-bond acceptors (Lipinski definition) is 5. The average molecular weight is 269 g/mol. The Labute approximate surface area is 125 Å². The van der Waals surface area contributed by atoms with Gasteiger partial charge < -0.3 is 14.2 Å². The van der Waals surface area contributed by atoms with Gasteiger partial charge in [-0.05, 0) is 34.1 Å². The molecule has 0 amide bonds. The van der Waals surface area contributed by atoms with Crippen LogP contribution in [0.1, 0.15) is 45.0 Å². The van der Waals surface area contributed by atoms with Crippen LogP contribution in [0.15, 0.2) is 12.3 Å². The monoisotopic (exact) mass is 269 g/mol. The van der Waals surface area contributed by atoms with Crippen molar-refractivity contribution in [3.63, 3.8) is 0 Å². The normalized spacial score (nSPS) is 38.5. The topological polar surface area (TPSA) is 47.5 Å². The maximum absolute atomic E-state index is 8.10. The fraction of sp³-hybridized carbons (Fsp3) is 0.692. The second-order valence-electron chi connectivity index (χ2n) is 5.43. The minimum Gasteiger partial charge on any atom is -0.398 e. The van der Waals surface area contributed by atoms with E-state index in [4.69, 9.17) is 20.3 Å². The third-order valence-corrected chi connectivity index (χ3v) is 3.58. The van der Waals surface area contributed by atoms with Crippen LogP contribution in [0.25, 0.3) is 0 Å². The largest absolute Gasteiger partial charge is 0.516 e. The molecule has 0 saturated carbocycles. The van der Waals surface area contributed by atoms with Crippen LogP contribution in [-0.2, 0) is 9.31 Å². The third-order valence-electron chi connectivity index (χ3n) is 3.58. The fourth-order valence-electron chi connectivity index (χ4n) is 1.65. The minimum absolute atomic E-state index is 0.0768. The first-order chi connectivity index (χ1) is 12.0. The molecule has 1 aromatic rings. The summed E-state index contributed by atoms with van der Waals surface area (Å²) >= 11 is 0.